The molecule has 126 valence electrons. The summed E-state index contributed by atoms with van der Waals surface area (Å²) in [6.45, 7) is 3.79. The zero-order valence-corrected chi connectivity index (χ0v) is 14.2. The van der Waals surface area contributed by atoms with Crippen LogP contribution < -0.4 is 5.32 Å². The molecule has 1 fully saturated rings. The van der Waals surface area contributed by atoms with E-state index in [9.17, 15) is 4.79 Å². The quantitative estimate of drug-likeness (QED) is 0.833. The molecule has 1 aliphatic rings. The van der Waals surface area contributed by atoms with E-state index in [0.717, 1.165) is 12.1 Å². The molecule has 0 amide bonds. The molecular formula is C21H25NO2. The van der Waals surface area contributed by atoms with Gasteiger partial charge in [0.2, 0.25) is 0 Å². The van der Waals surface area contributed by atoms with Gasteiger partial charge in [-0.05, 0) is 43.0 Å². The van der Waals surface area contributed by atoms with E-state index < -0.39 is 5.97 Å². The van der Waals surface area contributed by atoms with E-state index >= 15 is 0 Å². The minimum atomic E-state index is -0.871. The fourth-order valence-electron chi connectivity index (χ4n) is 3.85. The Morgan fingerprint density at radius 2 is 1.88 bits per heavy atom. The molecule has 3 heteroatoms. The largest absolute Gasteiger partial charge is 0.478 e. The summed E-state index contributed by atoms with van der Waals surface area (Å²) in [6, 6.07) is 16.1. The maximum Gasteiger partial charge on any atom is 0.335 e. The van der Waals surface area contributed by atoms with Gasteiger partial charge in [0, 0.05) is 18.5 Å². The van der Waals surface area contributed by atoms with Gasteiger partial charge in [0.05, 0.1) is 5.56 Å². The molecule has 3 nitrogen and oxygen atoms in total. The maximum atomic E-state index is 11.1. The fourth-order valence-corrected chi connectivity index (χ4v) is 3.85. The van der Waals surface area contributed by atoms with E-state index in [1.807, 2.05) is 12.1 Å². The van der Waals surface area contributed by atoms with Gasteiger partial charge >= 0.3 is 5.97 Å². The van der Waals surface area contributed by atoms with Gasteiger partial charge in [0.15, 0.2) is 0 Å². The topological polar surface area (TPSA) is 49.3 Å². The van der Waals surface area contributed by atoms with Crippen molar-refractivity contribution in [3.63, 3.8) is 0 Å². The van der Waals surface area contributed by atoms with Crippen molar-refractivity contribution in [2.45, 2.75) is 44.6 Å². The van der Waals surface area contributed by atoms with E-state index in [-0.39, 0.29) is 5.41 Å². The third-order valence-corrected chi connectivity index (χ3v) is 5.16. The Bertz CT molecular complexity index is 717. The molecule has 0 saturated heterocycles. The van der Waals surface area contributed by atoms with Crippen LogP contribution in [0.5, 0.6) is 0 Å². The number of aromatic carboxylic acids is 1. The predicted octanol–water partition coefficient (Wildman–Crippen LogP) is 4.29. The Morgan fingerprint density at radius 3 is 2.58 bits per heavy atom. The van der Waals surface area contributed by atoms with Crippen LogP contribution in [0.1, 0.15) is 52.7 Å². The van der Waals surface area contributed by atoms with Crippen LogP contribution in [0.25, 0.3) is 0 Å². The van der Waals surface area contributed by atoms with Crippen LogP contribution in [0.4, 0.5) is 0 Å². The Kier molecular flexibility index (Phi) is 5.00. The lowest BCUT2D eigenvalue weighted by Crippen LogP contribution is -2.35. The number of aryl methyl sites for hydroxylation is 1. The van der Waals surface area contributed by atoms with Gasteiger partial charge in [-0.3, -0.25) is 0 Å². The molecule has 0 aromatic heterocycles. The summed E-state index contributed by atoms with van der Waals surface area (Å²) >= 11 is 0. The van der Waals surface area contributed by atoms with Crippen molar-refractivity contribution in [3.8, 4) is 0 Å². The van der Waals surface area contributed by atoms with E-state index in [4.69, 9.17) is 5.11 Å². The van der Waals surface area contributed by atoms with Crippen LogP contribution >= 0.6 is 0 Å². The average molecular weight is 323 g/mol. The van der Waals surface area contributed by atoms with E-state index in [1.165, 1.54) is 36.8 Å². The number of carboxylic acid groups (broad SMARTS) is 1. The average Bonchev–Trinajstić information content (AvgIpc) is 3.05. The van der Waals surface area contributed by atoms with Gasteiger partial charge in [0.25, 0.3) is 0 Å². The summed E-state index contributed by atoms with van der Waals surface area (Å²) in [5.74, 6) is -0.871. The van der Waals surface area contributed by atoms with Gasteiger partial charge in [-0.1, -0.05) is 54.8 Å². The summed E-state index contributed by atoms with van der Waals surface area (Å²) in [5, 5.41) is 12.7. The number of hydrogen-bond donors (Lipinski definition) is 2. The third kappa shape index (κ3) is 3.68. The zero-order valence-electron chi connectivity index (χ0n) is 14.2. The molecule has 1 saturated carbocycles. The number of benzene rings is 2. The standard InChI is InChI=1S/C21H25NO2/c1-16-6-4-9-19(12-16)21(10-2-3-11-21)15-22-14-17-7-5-8-18(13-17)20(23)24/h4-9,12-13,22H,2-3,10-11,14-15H2,1H3,(H,23,24). The fraction of sp³-hybridized carbons (Fsp3) is 0.381. The lowest BCUT2D eigenvalue weighted by molar-refractivity contribution is 0.0696. The first-order chi connectivity index (χ1) is 11.6. The van der Waals surface area contributed by atoms with E-state index in [1.54, 1.807) is 12.1 Å². The first-order valence-electron chi connectivity index (χ1n) is 8.69. The highest BCUT2D eigenvalue weighted by Gasteiger charge is 2.35. The van der Waals surface area contributed by atoms with Gasteiger partial charge in [-0.25, -0.2) is 4.79 Å². The SMILES string of the molecule is Cc1cccc(C2(CNCc3cccc(C(=O)O)c3)CCCC2)c1. The van der Waals surface area contributed by atoms with Crippen LogP contribution in [0.15, 0.2) is 48.5 Å². The molecule has 1 aliphatic carbocycles. The molecule has 2 aromatic rings. The Morgan fingerprint density at radius 1 is 1.12 bits per heavy atom. The molecule has 0 unspecified atom stereocenters. The molecule has 3 rings (SSSR count). The molecule has 0 atom stereocenters. The van der Waals surface area contributed by atoms with Gasteiger partial charge in [-0.2, -0.15) is 0 Å². The van der Waals surface area contributed by atoms with Crippen LogP contribution in [0, 0.1) is 6.92 Å². The first-order valence-corrected chi connectivity index (χ1v) is 8.69. The molecule has 0 spiro atoms. The number of carboxylic acids is 1. The lowest BCUT2D eigenvalue weighted by Gasteiger charge is -2.30. The Labute approximate surface area is 143 Å². The van der Waals surface area contributed by atoms with Crippen LogP contribution in [-0.4, -0.2) is 17.6 Å². The molecule has 0 heterocycles. The van der Waals surface area contributed by atoms with Gasteiger partial charge in [-0.15, -0.1) is 0 Å². The number of rotatable bonds is 6. The smallest absolute Gasteiger partial charge is 0.335 e. The zero-order chi connectivity index (χ0) is 17.0. The highest BCUT2D eigenvalue weighted by molar-refractivity contribution is 5.87. The maximum absolute atomic E-state index is 11.1. The van der Waals surface area contributed by atoms with E-state index in [0.29, 0.717) is 12.1 Å². The second-order valence-corrected chi connectivity index (χ2v) is 6.97. The molecule has 0 bridgehead atoms. The molecule has 0 aliphatic heterocycles. The monoisotopic (exact) mass is 323 g/mol. The Hall–Kier alpha value is -2.13. The summed E-state index contributed by atoms with van der Waals surface area (Å²) in [6.07, 6.45) is 5.01. The highest BCUT2D eigenvalue weighted by atomic mass is 16.4. The van der Waals surface area contributed by atoms with E-state index in [2.05, 4.69) is 36.5 Å². The summed E-state index contributed by atoms with van der Waals surface area (Å²) in [5.41, 5.74) is 4.34. The van der Waals surface area contributed by atoms with Crippen molar-refractivity contribution in [1.82, 2.24) is 5.32 Å². The highest BCUT2D eigenvalue weighted by Crippen LogP contribution is 2.40. The number of carbonyl (C=O) groups is 1. The molecule has 2 N–H and O–H groups in total. The van der Waals surface area contributed by atoms with Crippen molar-refractivity contribution in [1.29, 1.82) is 0 Å². The van der Waals surface area contributed by atoms with Crippen LogP contribution in [0.3, 0.4) is 0 Å². The predicted molar refractivity (Wildman–Crippen MR) is 96.4 cm³/mol. The molecule has 0 radical (unpaired) electrons. The van der Waals surface area contributed by atoms with Crippen molar-refractivity contribution in [2.24, 2.45) is 0 Å². The normalized spacial score (nSPS) is 16.2. The lowest BCUT2D eigenvalue weighted by atomic mass is 9.78. The minimum Gasteiger partial charge on any atom is -0.478 e. The number of nitrogens with one attached hydrogen (secondary N) is 1. The van der Waals surface area contributed by atoms with Crippen LogP contribution in [0.2, 0.25) is 0 Å². The molecule has 24 heavy (non-hydrogen) atoms. The van der Waals surface area contributed by atoms with Crippen molar-refractivity contribution >= 4 is 5.97 Å². The third-order valence-electron chi connectivity index (χ3n) is 5.16. The Balaban J connectivity index is 1.69. The summed E-state index contributed by atoms with van der Waals surface area (Å²) < 4.78 is 0. The van der Waals surface area contributed by atoms with Gasteiger partial charge in [0.1, 0.15) is 0 Å². The second-order valence-electron chi connectivity index (χ2n) is 6.97. The minimum absolute atomic E-state index is 0.219. The molecular weight excluding hydrogens is 298 g/mol. The first kappa shape index (κ1) is 16.7. The van der Waals surface area contributed by atoms with Crippen LogP contribution in [-0.2, 0) is 12.0 Å². The van der Waals surface area contributed by atoms with Crippen molar-refractivity contribution in [3.05, 3.63) is 70.8 Å². The molecule has 2 aromatic carbocycles. The van der Waals surface area contributed by atoms with Gasteiger partial charge < -0.3 is 10.4 Å². The number of hydrogen-bond acceptors (Lipinski definition) is 2. The van der Waals surface area contributed by atoms with Crippen molar-refractivity contribution < 1.29 is 9.90 Å². The summed E-state index contributed by atoms with van der Waals surface area (Å²) in [7, 11) is 0. The van der Waals surface area contributed by atoms with Crippen molar-refractivity contribution in [2.75, 3.05) is 6.54 Å². The second kappa shape index (κ2) is 7.18. The summed E-state index contributed by atoms with van der Waals surface area (Å²) in [4.78, 5) is 11.1.